The number of hydrogen-bond donors (Lipinski definition) is 1. The Morgan fingerprint density at radius 1 is 1.38 bits per heavy atom. The van der Waals surface area contributed by atoms with E-state index in [4.69, 9.17) is 4.74 Å². The van der Waals surface area contributed by atoms with Crippen LogP contribution in [0.15, 0.2) is 12.4 Å². The van der Waals surface area contributed by atoms with Gasteiger partial charge in [0.2, 0.25) is 0 Å². The van der Waals surface area contributed by atoms with E-state index in [-0.39, 0.29) is 6.10 Å². The topological polar surface area (TPSA) is 71.9 Å². The number of hydrogen-bond acceptors (Lipinski definition) is 5. The van der Waals surface area contributed by atoms with Gasteiger partial charge < -0.3 is 4.74 Å². The number of aromatic amines is 1. The fourth-order valence-electron chi connectivity index (χ4n) is 3.37. The first-order chi connectivity index (χ1) is 11.8. The third-order valence-corrected chi connectivity index (χ3v) is 4.98. The molecule has 1 aliphatic heterocycles. The van der Waals surface area contributed by atoms with E-state index >= 15 is 0 Å². The van der Waals surface area contributed by atoms with Crippen molar-refractivity contribution in [2.45, 2.75) is 57.7 Å². The highest BCUT2D eigenvalue weighted by Gasteiger charge is 2.26. The van der Waals surface area contributed by atoms with Crippen LogP contribution in [0.4, 0.5) is 0 Å². The Morgan fingerprint density at radius 3 is 3.08 bits per heavy atom. The van der Waals surface area contributed by atoms with Crippen molar-refractivity contribution < 1.29 is 4.74 Å². The molecule has 1 saturated carbocycles. The predicted molar refractivity (Wildman–Crippen MR) is 89.5 cm³/mol. The number of H-pyrrole nitrogens is 1. The van der Waals surface area contributed by atoms with Crippen LogP contribution in [0, 0.1) is 0 Å². The number of ether oxygens (including phenoxy) is 1. The summed E-state index contributed by atoms with van der Waals surface area (Å²) in [7, 11) is 0. The average molecular weight is 330 g/mol. The summed E-state index contributed by atoms with van der Waals surface area (Å²) in [6.07, 6.45) is 10.1. The lowest BCUT2D eigenvalue weighted by atomic mass is 9.93. The summed E-state index contributed by atoms with van der Waals surface area (Å²) in [5, 5.41) is 11.9. The number of aromatic nitrogens is 5. The molecular formula is C17H26N6O. The minimum atomic E-state index is -0.0396. The highest BCUT2D eigenvalue weighted by molar-refractivity contribution is 5.06. The maximum absolute atomic E-state index is 5.89. The molecular weight excluding hydrogens is 304 g/mol. The van der Waals surface area contributed by atoms with Crippen LogP contribution in [0.1, 0.15) is 62.0 Å². The van der Waals surface area contributed by atoms with Crippen LogP contribution in [0.3, 0.4) is 0 Å². The molecule has 1 unspecified atom stereocenters. The van der Waals surface area contributed by atoms with Crippen LogP contribution < -0.4 is 0 Å². The summed E-state index contributed by atoms with van der Waals surface area (Å²) >= 11 is 0. The van der Waals surface area contributed by atoms with E-state index in [0.717, 1.165) is 50.7 Å². The standard InChI is InChI=1S/C17H26N6O/c1-2-4-16-19-17(21-20-16)15-12-22(7-8-24-15)10-13-9-18-23(11-13)14-5-3-6-14/h9,11,14-15H,2-8,10,12H2,1H3,(H,19,20,21). The third-order valence-electron chi connectivity index (χ3n) is 4.98. The molecule has 3 heterocycles. The van der Waals surface area contributed by atoms with Crippen LogP contribution in [-0.4, -0.2) is 49.6 Å². The molecule has 1 atom stereocenters. The Labute approximate surface area is 142 Å². The molecule has 2 aromatic heterocycles. The Morgan fingerprint density at radius 2 is 2.29 bits per heavy atom. The van der Waals surface area contributed by atoms with E-state index in [1.807, 2.05) is 6.20 Å². The second kappa shape index (κ2) is 7.03. The predicted octanol–water partition coefficient (Wildman–Crippen LogP) is 2.25. The van der Waals surface area contributed by atoms with E-state index in [0.29, 0.717) is 6.04 Å². The molecule has 0 spiro atoms. The molecule has 0 bridgehead atoms. The van der Waals surface area contributed by atoms with Crippen molar-refractivity contribution >= 4 is 0 Å². The zero-order chi connectivity index (χ0) is 16.4. The Hall–Kier alpha value is -1.73. The largest absolute Gasteiger partial charge is 0.367 e. The smallest absolute Gasteiger partial charge is 0.180 e. The second-order valence-corrected chi connectivity index (χ2v) is 6.90. The first-order valence-electron chi connectivity index (χ1n) is 9.10. The first-order valence-corrected chi connectivity index (χ1v) is 9.10. The molecule has 4 rings (SSSR count). The van der Waals surface area contributed by atoms with Gasteiger partial charge in [0.05, 0.1) is 18.8 Å². The van der Waals surface area contributed by atoms with Crippen molar-refractivity contribution in [1.29, 1.82) is 0 Å². The van der Waals surface area contributed by atoms with Gasteiger partial charge in [-0.25, -0.2) is 4.98 Å². The maximum Gasteiger partial charge on any atom is 0.180 e. The lowest BCUT2D eigenvalue weighted by Crippen LogP contribution is -2.38. The summed E-state index contributed by atoms with van der Waals surface area (Å²) in [5.41, 5.74) is 1.28. The van der Waals surface area contributed by atoms with Crippen molar-refractivity contribution in [1.82, 2.24) is 29.9 Å². The molecule has 2 aliphatic rings. The van der Waals surface area contributed by atoms with E-state index in [9.17, 15) is 0 Å². The lowest BCUT2D eigenvalue weighted by molar-refractivity contribution is -0.0371. The minimum absolute atomic E-state index is 0.0396. The molecule has 130 valence electrons. The van der Waals surface area contributed by atoms with Crippen LogP contribution in [0.5, 0.6) is 0 Å². The molecule has 7 heteroatoms. The Kier molecular flexibility index (Phi) is 4.62. The number of aryl methyl sites for hydroxylation is 1. The normalized spacial score (nSPS) is 22.6. The summed E-state index contributed by atoms with van der Waals surface area (Å²) in [5.74, 6) is 1.74. The van der Waals surface area contributed by atoms with Crippen molar-refractivity contribution in [2.75, 3.05) is 19.7 Å². The van der Waals surface area contributed by atoms with Gasteiger partial charge in [0.1, 0.15) is 11.9 Å². The number of nitrogens with one attached hydrogen (secondary N) is 1. The fraction of sp³-hybridized carbons (Fsp3) is 0.706. The van der Waals surface area contributed by atoms with Gasteiger partial charge in [0, 0.05) is 37.8 Å². The van der Waals surface area contributed by atoms with E-state index in [2.05, 4.69) is 43.0 Å². The highest BCUT2D eigenvalue weighted by Crippen LogP contribution is 2.31. The SMILES string of the molecule is CCCc1nc(C2CN(Cc3cnn(C4CCC4)c3)CCO2)n[nH]1. The minimum Gasteiger partial charge on any atom is -0.367 e. The van der Waals surface area contributed by atoms with Gasteiger partial charge in [-0.3, -0.25) is 14.7 Å². The number of morpholine rings is 1. The molecule has 0 amide bonds. The highest BCUT2D eigenvalue weighted by atomic mass is 16.5. The zero-order valence-electron chi connectivity index (χ0n) is 14.3. The molecule has 1 aliphatic carbocycles. The van der Waals surface area contributed by atoms with Gasteiger partial charge in [-0.2, -0.15) is 10.2 Å². The molecule has 24 heavy (non-hydrogen) atoms. The van der Waals surface area contributed by atoms with Gasteiger partial charge >= 0.3 is 0 Å². The van der Waals surface area contributed by atoms with Crippen molar-refractivity contribution in [2.24, 2.45) is 0 Å². The number of rotatable bonds is 6. The van der Waals surface area contributed by atoms with Gasteiger partial charge in [-0.05, 0) is 25.7 Å². The van der Waals surface area contributed by atoms with Crippen LogP contribution in [-0.2, 0) is 17.7 Å². The summed E-state index contributed by atoms with van der Waals surface area (Å²) in [6, 6.07) is 0.626. The molecule has 1 N–H and O–H groups in total. The monoisotopic (exact) mass is 330 g/mol. The first kappa shape index (κ1) is 15.8. The maximum atomic E-state index is 5.89. The molecule has 2 fully saturated rings. The molecule has 0 radical (unpaired) electrons. The molecule has 0 aromatic carbocycles. The second-order valence-electron chi connectivity index (χ2n) is 6.90. The molecule has 2 aromatic rings. The molecule has 7 nitrogen and oxygen atoms in total. The molecule has 1 saturated heterocycles. The quantitative estimate of drug-likeness (QED) is 0.879. The summed E-state index contributed by atoms with van der Waals surface area (Å²) in [6.45, 7) is 5.55. The van der Waals surface area contributed by atoms with Gasteiger partial charge in [-0.1, -0.05) is 6.92 Å². The van der Waals surface area contributed by atoms with E-state index < -0.39 is 0 Å². The van der Waals surface area contributed by atoms with E-state index in [1.165, 1.54) is 24.8 Å². The third kappa shape index (κ3) is 3.37. The zero-order valence-corrected chi connectivity index (χ0v) is 14.3. The average Bonchev–Trinajstić information content (AvgIpc) is 3.16. The van der Waals surface area contributed by atoms with Crippen LogP contribution in [0.2, 0.25) is 0 Å². The number of nitrogens with zero attached hydrogens (tertiary/aromatic N) is 5. The Balaban J connectivity index is 1.36. The Bertz CT molecular complexity index is 662. The van der Waals surface area contributed by atoms with E-state index in [1.54, 1.807) is 0 Å². The van der Waals surface area contributed by atoms with Gasteiger partial charge in [0.15, 0.2) is 5.82 Å². The van der Waals surface area contributed by atoms with Crippen LogP contribution >= 0.6 is 0 Å². The lowest BCUT2D eigenvalue weighted by Gasteiger charge is -2.31. The summed E-state index contributed by atoms with van der Waals surface area (Å²) < 4.78 is 8.03. The van der Waals surface area contributed by atoms with Crippen molar-refractivity contribution in [3.8, 4) is 0 Å². The fourth-order valence-corrected chi connectivity index (χ4v) is 3.37. The summed E-state index contributed by atoms with van der Waals surface area (Å²) in [4.78, 5) is 6.99. The van der Waals surface area contributed by atoms with Crippen LogP contribution in [0.25, 0.3) is 0 Å². The van der Waals surface area contributed by atoms with Crippen molar-refractivity contribution in [3.63, 3.8) is 0 Å². The van der Waals surface area contributed by atoms with Gasteiger partial charge in [0.25, 0.3) is 0 Å². The van der Waals surface area contributed by atoms with Crippen molar-refractivity contribution in [3.05, 3.63) is 29.6 Å². The van der Waals surface area contributed by atoms with Gasteiger partial charge in [-0.15, -0.1) is 0 Å².